The maximum absolute atomic E-state index is 12.8. The normalized spacial score (nSPS) is 18.7. The first kappa shape index (κ1) is 19.3. The number of nitrogens with zero attached hydrogens (tertiary/aromatic N) is 2. The van der Waals surface area contributed by atoms with Gasteiger partial charge in [-0.05, 0) is 36.2 Å². The number of hydrogen-bond acceptors (Lipinski definition) is 6. The second kappa shape index (κ2) is 8.98. The Bertz CT molecular complexity index is 989. The number of carbonyl (C=O) groups is 1. The molecule has 1 aliphatic heterocycles. The summed E-state index contributed by atoms with van der Waals surface area (Å²) >= 11 is 0. The van der Waals surface area contributed by atoms with Gasteiger partial charge in [-0.1, -0.05) is 18.2 Å². The Balaban J connectivity index is 1.48. The number of carbonyl (C=O) groups excluding carboxylic acids is 1. The van der Waals surface area contributed by atoms with Crippen molar-refractivity contribution in [3.05, 3.63) is 66.1 Å². The lowest BCUT2D eigenvalue weighted by molar-refractivity contribution is 0.0915. The Morgan fingerprint density at radius 2 is 2.03 bits per heavy atom. The van der Waals surface area contributed by atoms with Crippen LogP contribution in [0.15, 0.2) is 54.9 Å². The van der Waals surface area contributed by atoms with Crippen molar-refractivity contribution in [2.75, 3.05) is 26.4 Å². The first-order valence-electron chi connectivity index (χ1n) is 9.75. The van der Waals surface area contributed by atoms with Crippen molar-refractivity contribution in [2.24, 2.45) is 11.7 Å². The van der Waals surface area contributed by atoms with Gasteiger partial charge in [-0.25, -0.2) is 4.98 Å². The molecule has 0 radical (unpaired) electrons. The summed E-state index contributed by atoms with van der Waals surface area (Å²) in [5.41, 5.74) is 7.94. The first-order valence-corrected chi connectivity index (χ1v) is 9.75. The fourth-order valence-electron chi connectivity index (χ4n) is 3.66. The molecule has 1 aliphatic rings. The molecule has 7 nitrogen and oxygen atoms in total. The van der Waals surface area contributed by atoms with Gasteiger partial charge in [-0.15, -0.1) is 0 Å². The number of amides is 1. The van der Waals surface area contributed by atoms with E-state index in [-0.39, 0.29) is 23.6 Å². The zero-order valence-corrected chi connectivity index (χ0v) is 16.1. The van der Waals surface area contributed by atoms with Crippen LogP contribution in [0.2, 0.25) is 0 Å². The number of benzene rings is 1. The number of rotatable bonds is 7. The molecule has 3 N–H and O–H groups in total. The molecule has 150 valence electrons. The molecule has 0 bridgehead atoms. The topological polar surface area (TPSA) is 99.4 Å². The van der Waals surface area contributed by atoms with E-state index in [9.17, 15) is 4.79 Å². The Morgan fingerprint density at radius 3 is 2.93 bits per heavy atom. The fraction of sp³-hybridized carbons (Fsp3) is 0.318. The zero-order valence-electron chi connectivity index (χ0n) is 16.1. The number of nitrogens with two attached hydrogens (primary N) is 1. The van der Waals surface area contributed by atoms with Crippen molar-refractivity contribution in [1.29, 1.82) is 0 Å². The Kier molecular flexibility index (Phi) is 5.97. The van der Waals surface area contributed by atoms with Crippen LogP contribution in [0.3, 0.4) is 0 Å². The van der Waals surface area contributed by atoms with Gasteiger partial charge in [0.15, 0.2) is 11.4 Å². The molecular formula is C22H24N4O3. The second-order valence-electron chi connectivity index (χ2n) is 7.06. The quantitative estimate of drug-likeness (QED) is 0.638. The van der Waals surface area contributed by atoms with E-state index < -0.39 is 0 Å². The molecular weight excluding hydrogens is 368 g/mol. The highest BCUT2D eigenvalue weighted by Gasteiger charge is 2.31. The van der Waals surface area contributed by atoms with Crippen molar-refractivity contribution in [1.82, 2.24) is 15.3 Å². The van der Waals surface area contributed by atoms with Crippen molar-refractivity contribution >= 4 is 16.8 Å². The van der Waals surface area contributed by atoms with E-state index in [2.05, 4.69) is 21.4 Å². The van der Waals surface area contributed by atoms with Crippen LogP contribution in [-0.2, 0) is 11.2 Å². The molecule has 0 saturated carbocycles. The van der Waals surface area contributed by atoms with Crippen LogP contribution in [0.25, 0.3) is 10.9 Å². The minimum Gasteiger partial charge on any atom is -0.490 e. The number of hydrogen-bond donors (Lipinski definition) is 2. The SMILES string of the molecule is NCCOc1cccnc1C(=O)N[C@@H]1COC[C@H]1Cc1ccnc2ccccc12. The minimum absolute atomic E-state index is 0.0983. The molecule has 29 heavy (non-hydrogen) atoms. The molecule has 4 rings (SSSR count). The smallest absolute Gasteiger partial charge is 0.274 e. The van der Waals surface area contributed by atoms with Gasteiger partial charge in [0, 0.05) is 30.2 Å². The molecule has 0 aliphatic carbocycles. The zero-order chi connectivity index (χ0) is 20.1. The monoisotopic (exact) mass is 392 g/mol. The second-order valence-corrected chi connectivity index (χ2v) is 7.06. The van der Waals surface area contributed by atoms with Gasteiger partial charge in [0.05, 0.1) is 24.8 Å². The van der Waals surface area contributed by atoms with Crippen LogP contribution in [-0.4, -0.2) is 48.3 Å². The van der Waals surface area contributed by atoms with Crippen LogP contribution in [0.4, 0.5) is 0 Å². The summed E-state index contributed by atoms with van der Waals surface area (Å²) in [5.74, 6) is 0.339. The highest BCUT2D eigenvalue weighted by Crippen LogP contribution is 2.25. The van der Waals surface area contributed by atoms with E-state index in [1.54, 1.807) is 18.3 Å². The molecule has 2 atom stereocenters. The van der Waals surface area contributed by atoms with Gasteiger partial charge in [-0.3, -0.25) is 9.78 Å². The number of pyridine rings is 2. The highest BCUT2D eigenvalue weighted by atomic mass is 16.5. The van der Waals surface area contributed by atoms with E-state index >= 15 is 0 Å². The van der Waals surface area contributed by atoms with Crippen LogP contribution < -0.4 is 15.8 Å². The predicted molar refractivity (Wildman–Crippen MR) is 110 cm³/mol. The standard InChI is InChI=1S/C22H24N4O3/c23-8-11-29-20-6-3-9-25-21(20)22(27)26-19-14-28-13-16(19)12-15-7-10-24-18-5-2-1-4-17(15)18/h1-7,9-10,16,19H,8,11-14,23H2,(H,26,27)/t16-,19-/m1/s1. The summed E-state index contributed by atoms with van der Waals surface area (Å²) in [6, 6.07) is 13.5. The summed E-state index contributed by atoms with van der Waals surface area (Å²) in [7, 11) is 0. The summed E-state index contributed by atoms with van der Waals surface area (Å²) in [4.78, 5) is 21.5. The summed E-state index contributed by atoms with van der Waals surface area (Å²) < 4.78 is 11.2. The van der Waals surface area contributed by atoms with Gasteiger partial charge in [0.1, 0.15) is 6.61 Å². The summed E-state index contributed by atoms with van der Waals surface area (Å²) in [6.45, 7) is 1.77. The Labute approximate surface area is 169 Å². The molecule has 3 aromatic rings. The highest BCUT2D eigenvalue weighted by molar-refractivity contribution is 5.95. The summed E-state index contributed by atoms with van der Waals surface area (Å²) in [6.07, 6.45) is 4.21. The number of ether oxygens (including phenoxy) is 2. The first-order chi connectivity index (χ1) is 14.3. The fourth-order valence-corrected chi connectivity index (χ4v) is 3.66. The van der Waals surface area contributed by atoms with Crippen molar-refractivity contribution < 1.29 is 14.3 Å². The number of para-hydroxylation sites is 1. The van der Waals surface area contributed by atoms with E-state index in [1.807, 2.05) is 30.5 Å². The van der Waals surface area contributed by atoms with E-state index in [0.29, 0.717) is 32.1 Å². The molecule has 1 amide bonds. The van der Waals surface area contributed by atoms with E-state index in [1.165, 1.54) is 5.56 Å². The van der Waals surface area contributed by atoms with Crippen molar-refractivity contribution in [3.63, 3.8) is 0 Å². The number of aromatic nitrogens is 2. The Hall–Kier alpha value is -3.03. The van der Waals surface area contributed by atoms with Gasteiger partial charge in [0.2, 0.25) is 0 Å². The molecule has 2 aromatic heterocycles. The Morgan fingerprint density at radius 1 is 1.14 bits per heavy atom. The van der Waals surface area contributed by atoms with Crippen LogP contribution in [0.1, 0.15) is 16.1 Å². The van der Waals surface area contributed by atoms with Gasteiger partial charge < -0.3 is 20.5 Å². The molecule has 7 heteroatoms. The van der Waals surface area contributed by atoms with Gasteiger partial charge in [0.25, 0.3) is 5.91 Å². The third kappa shape index (κ3) is 4.36. The van der Waals surface area contributed by atoms with Crippen LogP contribution in [0, 0.1) is 5.92 Å². The van der Waals surface area contributed by atoms with E-state index in [4.69, 9.17) is 15.2 Å². The average Bonchev–Trinajstić information content (AvgIpc) is 3.19. The van der Waals surface area contributed by atoms with Gasteiger partial charge in [-0.2, -0.15) is 0 Å². The number of fused-ring (bicyclic) bond motifs is 1. The molecule has 0 unspecified atom stereocenters. The predicted octanol–water partition coefficient (Wildman–Crippen LogP) is 1.95. The lowest BCUT2D eigenvalue weighted by Crippen LogP contribution is -2.41. The van der Waals surface area contributed by atoms with Crippen LogP contribution >= 0.6 is 0 Å². The van der Waals surface area contributed by atoms with Crippen molar-refractivity contribution in [2.45, 2.75) is 12.5 Å². The molecule has 0 spiro atoms. The molecule has 1 fully saturated rings. The lowest BCUT2D eigenvalue weighted by atomic mass is 9.93. The maximum Gasteiger partial charge on any atom is 0.274 e. The molecule has 3 heterocycles. The average molecular weight is 392 g/mol. The third-order valence-corrected chi connectivity index (χ3v) is 5.10. The molecule has 1 saturated heterocycles. The lowest BCUT2D eigenvalue weighted by Gasteiger charge is -2.20. The summed E-state index contributed by atoms with van der Waals surface area (Å²) in [5, 5.41) is 4.21. The van der Waals surface area contributed by atoms with Gasteiger partial charge >= 0.3 is 0 Å². The van der Waals surface area contributed by atoms with Crippen LogP contribution in [0.5, 0.6) is 5.75 Å². The molecule has 1 aromatic carbocycles. The minimum atomic E-state index is -0.266. The number of nitrogens with one attached hydrogen (secondary N) is 1. The van der Waals surface area contributed by atoms with E-state index in [0.717, 1.165) is 17.3 Å². The maximum atomic E-state index is 12.8. The third-order valence-electron chi connectivity index (χ3n) is 5.10. The van der Waals surface area contributed by atoms with Crippen molar-refractivity contribution in [3.8, 4) is 5.75 Å². The largest absolute Gasteiger partial charge is 0.490 e.